The van der Waals surface area contributed by atoms with Gasteiger partial charge in [-0.2, -0.15) is 0 Å². The van der Waals surface area contributed by atoms with E-state index in [1.165, 1.54) is 16.9 Å². The average Bonchev–Trinajstić information content (AvgIpc) is 3.24. The fourth-order valence-electron chi connectivity index (χ4n) is 3.74. The van der Waals surface area contributed by atoms with E-state index in [1.54, 1.807) is 4.90 Å². The van der Waals surface area contributed by atoms with Crippen LogP contribution in [0.15, 0.2) is 54.6 Å². The Morgan fingerprint density at radius 3 is 2.44 bits per heavy atom. The van der Waals surface area contributed by atoms with Gasteiger partial charge >= 0.3 is 5.97 Å². The highest BCUT2D eigenvalue weighted by Gasteiger charge is 2.31. The van der Waals surface area contributed by atoms with E-state index in [9.17, 15) is 9.59 Å². The smallest absolute Gasteiger partial charge is 0.309 e. The fraction of sp³-hybridized carbons (Fsp3) is 0.333. The minimum Gasteiger partial charge on any atom is -0.481 e. The molecule has 0 saturated carbocycles. The molecule has 2 heterocycles. The first-order valence-electron chi connectivity index (χ1n) is 10.8. The summed E-state index contributed by atoms with van der Waals surface area (Å²) in [4.78, 5) is 27.5. The van der Waals surface area contributed by atoms with Crippen LogP contribution >= 0.6 is 11.3 Å². The second kappa shape index (κ2) is 10.0. The number of likely N-dealkylation sites (tertiary alicyclic amines) is 1. The summed E-state index contributed by atoms with van der Waals surface area (Å²) in [5, 5.41) is 18.9. The summed E-state index contributed by atoms with van der Waals surface area (Å²) in [5.41, 5.74) is 3.15. The number of hydrogen-bond acceptors (Lipinski definition) is 6. The molecule has 166 valence electrons. The van der Waals surface area contributed by atoms with Crippen LogP contribution in [0.25, 0.3) is 10.6 Å². The molecule has 1 saturated heterocycles. The van der Waals surface area contributed by atoms with Crippen LogP contribution in [0.3, 0.4) is 0 Å². The number of nitrogens with zero attached hydrogens (tertiary/aromatic N) is 4. The lowest BCUT2D eigenvalue weighted by Crippen LogP contribution is -2.50. The third-order valence-electron chi connectivity index (χ3n) is 5.68. The van der Waals surface area contributed by atoms with Crippen LogP contribution in [0.1, 0.15) is 18.1 Å². The molecule has 1 aromatic heterocycles. The average molecular weight is 451 g/mol. The molecule has 1 fully saturated rings. The number of carboxylic acid groups (broad SMARTS) is 1. The van der Waals surface area contributed by atoms with Crippen molar-refractivity contribution in [1.29, 1.82) is 0 Å². The van der Waals surface area contributed by atoms with Gasteiger partial charge in [0.15, 0.2) is 0 Å². The first kappa shape index (κ1) is 22.1. The number of hydrogen-bond donors (Lipinski definition) is 1. The van der Waals surface area contributed by atoms with Gasteiger partial charge < -0.3 is 10.0 Å². The number of carboxylic acids is 1. The van der Waals surface area contributed by atoms with Crippen molar-refractivity contribution in [3.05, 3.63) is 65.7 Å². The molecule has 0 radical (unpaired) electrons. The van der Waals surface area contributed by atoms with Crippen molar-refractivity contribution < 1.29 is 14.7 Å². The van der Waals surface area contributed by atoms with E-state index in [0.717, 1.165) is 29.1 Å². The van der Waals surface area contributed by atoms with Crippen molar-refractivity contribution >= 4 is 28.3 Å². The number of aromatic nitrogens is 2. The number of amides is 1. The van der Waals surface area contributed by atoms with Gasteiger partial charge in [0.2, 0.25) is 11.0 Å². The van der Waals surface area contributed by atoms with Crippen molar-refractivity contribution in [3.8, 4) is 10.6 Å². The van der Waals surface area contributed by atoms with Crippen LogP contribution < -0.4 is 4.90 Å². The lowest BCUT2D eigenvalue weighted by Gasteiger charge is -2.36. The van der Waals surface area contributed by atoms with Gasteiger partial charge in [-0.3, -0.25) is 14.5 Å². The van der Waals surface area contributed by atoms with Crippen molar-refractivity contribution in [1.82, 2.24) is 15.1 Å². The van der Waals surface area contributed by atoms with Crippen LogP contribution in [0, 0.1) is 5.92 Å². The minimum absolute atomic E-state index is 0.00730. The van der Waals surface area contributed by atoms with E-state index >= 15 is 0 Å². The standard InChI is InChI=1S/C24H26N4O3S/c1-2-28(21(29)14-18-6-4-3-5-7-18)24-26-25-22(32-24)19-10-8-17(9-11-19)12-13-27-15-20(16-27)23(30)31/h3-11,20H,2,12-16H2,1H3,(H,30,31). The normalized spacial score (nSPS) is 14.2. The lowest BCUT2D eigenvalue weighted by atomic mass is 9.99. The number of anilines is 1. The van der Waals surface area contributed by atoms with Crippen LogP contribution in [0.4, 0.5) is 5.13 Å². The number of rotatable bonds is 9. The molecule has 8 heteroatoms. The Morgan fingerprint density at radius 1 is 1.06 bits per heavy atom. The zero-order valence-corrected chi connectivity index (χ0v) is 18.8. The van der Waals surface area contributed by atoms with Gasteiger partial charge in [0.25, 0.3) is 0 Å². The van der Waals surface area contributed by atoms with Gasteiger partial charge in [0, 0.05) is 31.7 Å². The summed E-state index contributed by atoms with van der Waals surface area (Å²) in [5.74, 6) is -0.912. The summed E-state index contributed by atoms with van der Waals surface area (Å²) in [6, 6.07) is 17.9. The molecule has 0 spiro atoms. The Balaban J connectivity index is 1.35. The van der Waals surface area contributed by atoms with Gasteiger partial charge in [-0.15, -0.1) is 10.2 Å². The quantitative estimate of drug-likeness (QED) is 0.538. The highest BCUT2D eigenvalue weighted by molar-refractivity contribution is 7.18. The fourth-order valence-corrected chi connectivity index (χ4v) is 4.67. The van der Waals surface area contributed by atoms with Crippen molar-refractivity contribution in [2.75, 3.05) is 31.1 Å². The van der Waals surface area contributed by atoms with Gasteiger partial charge in [0.1, 0.15) is 5.01 Å². The molecule has 0 bridgehead atoms. The van der Waals surface area contributed by atoms with Crippen LogP contribution in [-0.2, 0) is 22.4 Å². The third-order valence-corrected chi connectivity index (χ3v) is 6.68. The second-order valence-corrected chi connectivity index (χ2v) is 8.89. The van der Waals surface area contributed by atoms with E-state index in [2.05, 4.69) is 27.2 Å². The molecular formula is C24H26N4O3S. The lowest BCUT2D eigenvalue weighted by molar-refractivity contribution is -0.147. The van der Waals surface area contributed by atoms with Gasteiger partial charge in [-0.1, -0.05) is 65.9 Å². The maximum Gasteiger partial charge on any atom is 0.309 e. The number of carbonyl (C=O) groups excluding carboxylic acids is 1. The van der Waals surface area contributed by atoms with Gasteiger partial charge in [0.05, 0.1) is 12.3 Å². The summed E-state index contributed by atoms with van der Waals surface area (Å²) in [6.45, 7) is 4.62. The molecule has 0 atom stereocenters. The molecule has 3 aromatic rings. The van der Waals surface area contributed by atoms with Gasteiger partial charge in [-0.25, -0.2) is 0 Å². The molecule has 0 unspecified atom stereocenters. The predicted octanol–water partition coefficient (Wildman–Crippen LogP) is 3.36. The monoisotopic (exact) mass is 450 g/mol. The highest BCUT2D eigenvalue weighted by atomic mass is 32.1. The van der Waals surface area contributed by atoms with E-state index in [-0.39, 0.29) is 11.8 Å². The number of carbonyl (C=O) groups is 2. The molecule has 0 aliphatic carbocycles. The zero-order valence-electron chi connectivity index (χ0n) is 18.0. The van der Waals surface area contributed by atoms with Gasteiger partial charge in [-0.05, 0) is 24.5 Å². The van der Waals surface area contributed by atoms with Crippen molar-refractivity contribution in [2.45, 2.75) is 19.8 Å². The summed E-state index contributed by atoms with van der Waals surface area (Å²) in [7, 11) is 0. The SMILES string of the molecule is CCN(C(=O)Cc1ccccc1)c1nnc(-c2ccc(CCN3CC(C(=O)O)C3)cc2)s1. The zero-order chi connectivity index (χ0) is 22.5. The second-order valence-electron chi connectivity index (χ2n) is 7.93. The Hall–Kier alpha value is -3.10. The van der Waals surface area contributed by atoms with Crippen molar-refractivity contribution in [2.24, 2.45) is 5.92 Å². The van der Waals surface area contributed by atoms with Crippen LogP contribution in [0.5, 0.6) is 0 Å². The third kappa shape index (κ3) is 5.20. The number of likely N-dealkylation sites (N-methyl/N-ethyl adjacent to an activating group) is 1. The van der Waals surface area contributed by atoms with E-state index < -0.39 is 5.97 Å². The topological polar surface area (TPSA) is 86.6 Å². The molecule has 1 aliphatic heterocycles. The molecule has 1 N–H and O–H groups in total. The summed E-state index contributed by atoms with van der Waals surface area (Å²) in [6.07, 6.45) is 1.22. The molecule has 1 aliphatic rings. The first-order chi connectivity index (χ1) is 15.5. The predicted molar refractivity (Wildman–Crippen MR) is 125 cm³/mol. The molecule has 4 rings (SSSR count). The van der Waals surface area contributed by atoms with Crippen LogP contribution in [0.2, 0.25) is 0 Å². The molecule has 32 heavy (non-hydrogen) atoms. The van der Waals surface area contributed by atoms with E-state index in [1.807, 2.05) is 49.4 Å². The Bertz CT molecular complexity index is 1060. The molecule has 1 amide bonds. The summed E-state index contributed by atoms with van der Waals surface area (Å²) >= 11 is 1.42. The largest absolute Gasteiger partial charge is 0.481 e. The van der Waals surface area contributed by atoms with E-state index in [4.69, 9.17) is 5.11 Å². The Labute approximate surface area is 191 Å². The summed E-state index contributed by atoms with van der Waals surface area (Å²) < 4.78 is 0. The molecule has 2 aromatic carbocycles. The first-order valence-corrected chi connectivity index (χ1v) is 11.6. The van der Waals surface area contributed by atoms with Crippen LogP contribution in [-0.4, -0.2) is 58.3 Å². The minimum atomic E-state index is -0.703. The maximum atomic E-state index is 12.8. The highest BCUT2D eigenvalue weighted by Crippen LogP contribution is 2.29. The molecular weight excluding hydrogens is 424 g/mol. The number of aliphatic carboxylic acids is 1. The maximum absolute atomic E-state index is 12.8. The molecule has 7 nitrogen and oxygen atoms in total. The van der Waals surface area contributed by atoms with E-state index in [0.29, 0.717) is 31.2 Å². The van der Waals surface area contributed by atoms with Crippen molar-refractivity contribution in [3.63, 3.8) is 0 Å². The Kier molecular flexibility index (Phi) is 6.92. The number of benzene rings is 2. The Morgan fingerprint density at radius 2 is 1.78 bits per heavy atom.